The first-order valence-electron chi connectivity index (χ1n) is 7.46. The van der Waals surface area contributed by atoms with Gasteiger partial charge in [0.1, 0.15) is 5.75 Å². The van der Waals surface area contributed by atoms with E-state index in [0.29, 0.717) is 23.6 Å². The summed E-state index contributed by atoms with van der Waals surface area (Å²) in [4.78, 5) is 0. The Morgan fingerprint density at radius 3 is 2.70 bits per heavy atom. The van der Waals surface area contributed by atoms with E-state index in [1.54, 1.807) is 0 Å². The van der Waals surface area contributed by atoms with Gasteiger partial charge in [0.05, 0.1) is 0 Å². The van der Waals surface area contributed by atoms with Crippen LogP contribution in [0.4, 0.5) is 0 Å². The summed E-state index contributed by atoms with van der Waals surface area (Å²) in [6, 6.07) is 17.1. The Hall–Kier alpha value is -1.80. The Labute approximate surface area is 119 Å². The summed E-state index contributed by atoms with van der Waals surface area (Å²) < 4.78 is 0. The van der Waals surface area contributed by atoms with Gasteiger partial charge < -0.3 is 10.4 Å². The third kappa shape index (κ3) is 1.75. The number of phenols is 1. The van der Waals surface area contributed by atoms with E-state index in [-0.39, 0.29) is 0 Å². The molecule has 2 aromatic rings. The topological polar surface area (TPSA) is 32.3 Å². The predicted octanol–water partition coefficient (Wildman–Crippen LogP) is 3.58. The predicted molar refractivity (Wildman–Crippen MR) is 79.9 cm³/mol. The summed E-state index contributed by atoms with van der Waals surface area (Å²) in [7, 11) is 0. The van der Waals surface area contributed by atoms with E-state index >= 15 is 0 Å². The number of hydrogen-bond donors (Lipinski definition) is 2. The van der Waals surface area contributed by atoms with Crippen molar-refractivity contribution in [1.29, 1.82) is 0 Å². The number of aromatic hydroxyl groups is 1. The zero-order chi connectivity index (χ0) is 13.5. The molecule has 0 radical (unpaired) electrons. The minimum atomic E-state index is 0.378. The van der Waals surface area contributed by atoms with Gasteiger partial charge >= 0.3 is 0 Å². The highest BCUT2D eigenvalue weighted by molar-refractivity contribution is 5.49. The molecule has 2 nitrogen and oxygen atoms in total. The SMILES string of the molecule is Oc1ccc2c(c1)C(c1ccccc1)C1CCCNC21. The van der Waals surface area contributed by atoms with Crippen molar-refractivity contribution in [1.82, 2.24) is 5.32 Å². The van der Waals surface area contributed by atoms with E-state index in [4.69, 9.17) is 0 Å². The lowest BCUT2D eigenvalue weighted by atomic mass is 9.80. The van der Waals surface area contributed by atoms with Gasteiger partial charge in [0.15, 0.2) is 0 Å². The molecule has 4 rings (SSSR count). The molecule has 1 aliphatic heterocycles. The molecule has 1 fully saturated rings. The highest BCUT2D eigenvalue weighted by atomic mass is 16.3. The number of phenolic OH excluding ortho intramolecular Hbond substituents is 1. The number of benzene rings is 2. The van der Waals surface area contributed by atoms with Crippen molar-refractivity contribution in [3.05, 3.63) is 65.2 Å². The molecule has 1 aliphatic carbocycles. The molecule has 0 saturated carbocycles. The van der Waals surface area contributed by atoms with E-state index in [2.05, 4.69) is 41.7 Å². The molecular weight excluding hydrogens is 246 g/mol. The zero-order valence-electron chi connectivity index (χ0n) is 11.4. The number of fused-ring (bicyclic) bond motifs is 3. The van der Waals surface area contributed by atoms with Crippen molar-refractivity contribution in [3.8, 4) is 5.75 Å². The lowest BCUT2D eigenvalue weighted by Crippen LogP contribution is -2.32. The molecule has 3 atom stereocenters. The fraction of sp³-hybridized carbons (Fsp3) is 0.333. The van der Waals surface area contributed by atoms with Gasteiger partial charge in [-0.3, -0.25) is 0 Å². The molecular formula is C18H19NO. The second-order valence-electron chi connectivity index (χ2n) is 5.94. The van der Waals surface area contributed by atoms with Crippen LogP contribution in [0.15, 0.2) is 48.5 Å². The number of nitrogens with one attached hydrogen (secondary N) is 1. The monoisotopic (exact) mass is 265 g/mol. The Morgan fingerprint density at radius 2 is 1.85 bits per heavy atom. The van der Waals surface area contributed by atoms with Crippen molar-refractivity contribution in [2.24, 2.45) is 5.92 Å². The van der Waals surface area contributed by atoms with Crippen LogP contribution in [0, 0.1) is 5.92 Å². The van der Waals surface area contributed by atoms with Crippen LogP contribution in [0.3, 0.4) is 0 Å². The summed E-state index contributed by atoms with van der Waals surface area (Å²) in [6.07, 6.45) is 2.50. The molecule has 0 aromatic heterocycles. The third-order valence-electron chi connectivity index (χ3n) is 4.83. The van der Waals surface area contributed by atoms with Crippen LogP contribution in [-0.2, 0) is 0 Å². The molecule has 0 spiro atoms. The largest absolute Gasteiger partial charge is 0.508 e. The molecule has 0 amide bonds. The maximum absolute atomic E-state index is 9.87. The van der Waals surface area contributed by atoms with Crippen LogP contribution in [0.2, 0.25) is 0 Å². The van der Waals surface area contributed by atoms with Gasteiger partial charge in [0.25, 0.3) is 0 Å². The quantitative estimate of drug-likeness (QED) is 0.826. The van der Waals surface area contributed by atoms with Crippen molar-refractivity contribution >= 4 is 0 Å². The van der Waals surface area contributed by atoms with E-state index in [1.165, 1.54) is 29.5 Å². The van der Waals surface area contributed by atoms with Crippen molar-refractivity contribution in [3.63, 3.8) is 0 Å². The second kappa shape index (κ2) is 4.64. The maximum Gasteiger partial charge on any atom is 0.115 e. The van der Waals surface area contributed by atoms with Crippen LogP contribution in [0.5, 0.6) is 5.75 Å². The molecule has 20 heavy (non-hydrogen) atoms. The number of hydrogen-bond acceptors (Lipinski definition) is 2. The first kappa shape index (κ1) is 12.0. The van der Waals surface area contributed by atoms with Crippen molar-refractivity contribution < 1.29 is 5.11 Å². The molecule has 1 saturated heterocycles. The minimum Gasteiger partial charge on any atom is -0.508 e. The Bertz CT molecular complexity index is 623. The van der Waals surface area contributed by atoms with E-state index in [1.807, 2.05) is 12.1 Å². The number of rotatable bonds is 1. The fourth-order valence-electron chi connectivity index (χ4n) is 4.05. The average Bonchev–Trinajstić information content (AvgIpc) is 2.81. The molecule has 102 valence electrons. The van der Waals surface area contributed by atoms with Gasteiger partial charge in [0, 0.05) is 12.0 Å². The van der Waals surface area contributed by atoms with Gasteiger partial charge in [-0.25, -0.2) is 0 Å². The van der Waals surface area contributed by atoms with Gasteiger partial charge in [-0.05, 0) is 54.1 Å². The van der Waals surface area contributed by atoms with Gasteiger partial charge in [-0.1, -0.05) is 36.4 Å². The summed E-state index contributed by atoms with van der Waals surface area (Å²) in [6.45, 7) is 1.10. The normalized spacial score (nSPS) is 27.9. The van der Waals surface area contributed by atoms with Crippen LogP contribution in [0.25, 0.3) is 0 Å². The summed E-state index contributed by atoms with van der Waals surface area (Å²) >= 11 is 0. The molecule has 2 aromatic carbocycles. The van der Waals surface area contributed by atoms with Crippen molar-refractivity contribution in [2.75, 3.05) is 6.54 Å². The van der Waals surface area contributed by atoms with Crippen LogP contribution in [0.1, 0.15) is 41.5 Å². The number of piperidine rings is 1. The van der Waals surface area contributed by atoms with Crippen LogP contribution >= 0.6 is 0 Å². The lowest BCUT2D eigenvalue weighted by Gasteiger charge is -2.31. The molecule has 1 heterocycles. The van der Waals surface area contributed by atoms with Gasteiger partial charge in [-0.2, -0.15) is 0 Å². The zero-order valence-corrected chi connectivity index (χ0v) is 11.4. The van der Waals surface area contributed by atoms with Gasteiger partial charge in [0.2, 0.25) is 0 Å². The van der Waals surface area contributed by atoms with E-state index in [0.717, 1.165) is 6.54 Å². The third-order valence-corrected chi connectivity index (χ3v) is 4.83. The second-order valence-corrected chi connectivity index (χ2v) is 5.94. The van der Waals surface area contributed by atoms with E-state index < -0.39 is 0 Å². The molecule has 0 bridgehead atoms. The molecule has 2 aliphatic rings. The van der Waals surface area contributed by atoms with E-state index in [9.17, 15) is 5.11 Å². The first-order chi connectivity index (χ1) is 9.84. The summed E-state index contributed by atoms with van der Waals surface area (Å²) in [5.41, 5.74) is 4.05. The first-order valence-corrected chi connectivity index (χ1v) is 7.46. The smallest absolute Gasteiger partial charge is 0.115 e. The van der Waals surface area contributed by atoms with Crippen LogP contribution < -0.4 is 5.32 Å². The molecule has 2 heteroatoms. The standard InChI is InChI=1S/C18H19NO/c20-13-8-9-14-16(11-13)17(12-5-2-1-3-6-12)15-7-4-10-19-18(14)15/h1-3,5-6,8-9,11,15,17-20H,4,7,10H2. The molecule has 3 unspecified atom stereocenters. The van der Waals surface area contributed by atoms with Gasteiger partial charge in [-0.15, -0.1) is 0 Å². The lowest BCUT2D eigenvalue weighted by molar-refractivity contribution is 0.287. The fourth-order valence-corrected chi connectivity index (χ4v) is 4.05. The molecule has 2 N–H and O–H groups in total. The highest BCUT2D eigenvalue weighted by Gasteiger charge is 2.42. The summed E-state index contributed by atoms with van der Waals surface area (Å²) in [5, 5.41) is 13.5. The van der Waals surface area contributed by atoms with Crippen molar-refractivity contribution in [2.45, 2.75) is 24.8 Å². The Morgan fingerprint density at radius 1 is 1.00 bits per heavy atom. The minimum absolute atomic E-state index is 0.378. The Balaban J connectivity index is 1.87. The highest BCUT2D eigenvalue weighted by Crippen LogP contribution is 2.52. The Kier molecular flexibility index (Phi) is 2.78. The van der Waals surface area contributed by atoms with Crippen LogP contribution in [-0.4, -0.2) is 11.7 Å². The maximum atomic E-state index is 9.87. The average molecular weight is 265 g/mol. The summed E-state index contributed by atoms with van der Waals surface area (Å²) in [5.74, 6) is 1.40.